The molecule has 2 aromatic rings. The minimum atomic E-state index is -0.917. The molecule has 3 atom stereocenters. The Balaban J connectivity index is 1.44. The van der Waals surface area contributed by atoms with Crippen molar-refractivity contribution >= 4 is 11.9 Å². The summed E-state index contributed by atoms with van der Waals surface area (Å²) >= 11 is 0. The smallest absolute Gasteiger partial charge is 0.326 e. The fourth-order valence-electron chi connectivity index (χ4n) is 4.46. The van der Waals surface area contributed by atoms with E-state index in [1.807, 2.05) is 6.92 Å². The molecule has 1 aromatic heterocycles. The normalized spacial score (nSPS) is 23.6. The molecular formula is C21H25N3O5. The van der Waals surface area contributed by atoms with E-state index in [1.54, 1.807) is 29.2 Å². The number of aliphatic carboxylic acids is 1. The van der Waals surface area contributed by atoms with Crippen molar-refractivity contribution in [3.05, 3.63) is 41.5 Å². The van der Waals surface area contributed by atoms with Crippen LogP contribution in [0.1, 0.15) is 61.1 Å². The van der Waals surface area contributed by atoms with Crippen molar-refractivity contribution in [3.63, 3.8) is 0 Å². The summed E-state index contributed by atoms with van der Waals surface area (Å²) in [6.07, 6.45) is 5.26. The predicted octanol–water partition coefficient (Wildman–Crippen LogP) is 3.07. The van der Waals surface area contributed by atoms with Crippen LogP contribution in [0.25, 0.3) is 0 Å². The molecule has 0 radical (unpaired) electrons. The van der Waals surface area contributed by atoms with E-state index >= 15 is 0 Å². The summed E-state index contributed by atoms with van der Waals surface area (Å²) in [7, 11) is 0. The zero-order chi connectivity index (χ0) is 20.4. The Morgan fingerprint density at radius 1 is 1.24 bits per heavy atom. The van der Waals surface area contributed by atoms with E-state index in [1.165, 1.54) is 0 Å². The number of amides is 1. The Kier molecular flexibility index (Phi) is 5.51. The number of ether oxygens (including phenoxy) is 1. The highest BCUT2D eigenvalue weighted by Gasteiger charge is 2.47. The van der Waals surface area contributed by atoms with Gasteiger partial charge >= 0.3 is 5.97 Å². The van der Waals surface area contributed by atoms with Gasteiger partial charge < -0.3 is 19.3 Å². The molecule has 0 bridgehead atoms. The number of likely N-dealkylation sites (tertiary alicyclic amines) is 1. The quantitative estimate of drug-likeness (QED) is 0.796. The standard InChI is InChI=1S/C21H25N3O5/c1-2-19-22-18(23-29-19)12-28-15-9-7-13(8-10-15)20(25)24-16-6-4-3-5-14(16)11-17(24)21(26)27/h7-10,14,16-17H,2-6,11-12H2,1H3,(H,26,27)/t14-,16+,17-/m0/s1. The van der Waals surface area contributed by atoms with Crippen molar-refractivity contribution in [3.8, 4) is 5.75 Å². The molecule has 1 aromatic carbocycles. The number of fused-ring (bicyclic) bond motifs is 1. The van der Waals surface area contributed by atoms with Gasteiger partial charge in [0.15, 0.2) is 6.61 Å². The maximum absolute atomic E-state index is 13.1. The van der Waals surface area contributed by atoms with E-state index in [0.717, 1.165) is 25.7 Å². The third-order valence-corrected chi connectivity index (χ3v) is 5.89. The maximum Gasteiger partial charge on any atom is 0.326 e. The number of benzene rings is 1. The monoisotopic (exact) mass is 399 g/mol. The zero-order valence-corrected chi connectivity index (χ0v) is 16.4. The fraction of sp³-hybridized carbons (Fsp3) is 0.524. The van der Waals surface area contributed by atoms with Gasteiger partial charge in [0, 0.05) is 18.0 Å². The molecule has 1 aliphatic heterocycles. The first kappa shape index (κ1) is 19.4. The number of carboxylic acids is 1. The Morgan fingerprint density at radius 2 is 2.00 bits per heavy atom. The van der Waals surface area contributed by atoms with Gasteiger partial charge in [-0.3, -0.25) is 4.79 Å². The second-order valence-electron chi connectivity index (χ2n) is 7.68. The first-order valence-electron chi connectivity index (χ1n) is 10.2. The highest BCUT2D eigenvalue weighted by Crippen LogP contribution is 2.40. The lowest BCUT2D eigenvalue weighted by molar-refractivity contribution is -0.141. The van der Waals surface area contributed by atoms with Crippen LogP contribution in [0.15, 0.2) is 28.8 Å². The Bertz CT molecular complexity index is 879. The Hall–Kier alpha value is -2.90. The van der Waals surface area contributed by atoms with Crippen LogP contribution in [-0.4, -0.2) is 44.1 Å². The first-order valence-corrected chi connectivity index (χ1v) is 10.2. The molecule has 2 heterocycles. The average Bonchev–Trinajstić information content (AvgIpc) is 3.36. The Morgan fingerprint density at radius 3 is 2.69 bits per heavy atom. The molecule has 1 aliphatic carbocycles. The van der Waals surface area contributed by atoms with E-state index in [2.05, 4.69) is 10.1 Å². The molecule has 0 spiro atoms. The summed E-state index contributed by atoms with van der Waals surface area (Å²) in [6.45, 7) is 2.10. The highest BCUT2D eigenvalue weighted by atomic mass is 16.5. The van der Waals surface area contributed by atoms with Crippen LogP contribution in [0.5, 0.6) is 5.75 Å². The van der Waals surface area contributed by atoms with Gasteiger partial charge in [0.1, 0.15) is 11.8 Å². The predicted molar refractivity (Wildman–Crippen MR) is 102 cm³/mol. The summed E-state index contributed by atoms with van der Waals surface area (Å²) in [5, 5.41) is 13.5. The number of carboxylic acid groups (broad SMARTS) is 1. The number of aryl methyl sites for hydroxylation is 1. The number of carbonyl (C=O) groups is 2. The minimum absolute atomic E-state index is 0.0271. The van der Waals surface area contributed by atoms with Gasteiger partial charge in [-0.05, 0) is 49.4 Å². The summed E-state index contributed by atoms with van der Waals surface area (Å²) in [4.78, 5) is 30.7. The first-order chi connectivity index (χ1) is 14.1. The van der Waals surface area contributed by atoms with Crippen molar-refractivity contribution in [2.24, 2.45) is 5.92 Å². The third kappa shape index (κ3) is 3.97. The number of carbonyl (C=O) groups excluding carboxylic acids is 1. The largest absolute Gasteiger partial charge is 0.485 e. The molecule has 8 heteroatoms. The maximum atomic E-state index is 13.1. The van der Waals surface area contributed by atoms with Crippen LogP contribution >= 0.6 is 0 Å². The topological polar surface area (TPSA) is 106 Å². The number of hydrogen-bond donors (Lipinski definition) is 1. The lowest BCUT2D eigenvalue weighted by Gasteiger charge is -2.33. The molecule has 29 heavy (non-hydrogen) atoms. The van der Waals surface area contributed by atoms with Crippen molar-refractivity contribution in [1.82, 2.24) is 15.0 Å². The molecule has 1 saturated carbocycles. The number of hydrogen-bond acceptors (Lipinski definition) is 6. The molecule has 0 unspecified atom stereocenters. The van der Waals surface area contributed by atoms with Crippen molar-refractivity contribution in [2.45, 2.75) is 64.1 Å². The summed E-state index contributed by atoms with van der Waals surface area (Å²) in [6, 6.07) is 6.06. The molecule has 8 nitrogen and oxygen atoms in total. The van der Waals surface area contributed by atoms with Crippen molar-refractivity contribution in [1.29, 1.82) is 0 Å². The number of rotatable bonds is 6. The molecule has 1 saturated heterocycles. The summed E-state index contributed by atoms with van der Waals surface area (Å²) in [5.41, 5.74) is 0.475. The van der Waals surface area contributed by atoms with Gasteiger partial charge in [-0.15, -0.1) is 0 Å². The fourth-order valence-corrected chi connectivity index (χ4v) is 4.46. The van der Waals surface area contributed by atoms with Crippen LogP contribution in [0.4, 0.5) is 0 Å². The van der Waals surface area contributed by atoms with E-state index < -0.39 is 12.0 Å². The summed E-state index contributed by atoms with van der Waals surface area (Å²) in [5.74, 6) is 0.759. The molecule has 1 N–H and O–H groups in total. The second kappa shape index (κ2) is 8.23. The van der Waals surface area contributed by atoms with Gasteiger partial charge in [-0.2, -0.15) is 4.98 Å². The van der Waals surface area contributed by atoms with Crippen LogP contribution in [0.3, 0.4) is 0 Å². The number of nitrogens with zero attached hydrogens (tertiary/aromatic N) is 3. The highest BCUT2D eigenvalue weighted by molar-refractivity contribution is 5.97. The SMILES string of the molecule is CCc1nc(COc2ccc(C(=O)N3[C@@H]4CCCC[C@H]4C[C@H]3C(=O)O)cc2)no1. The average molecular weight is 399 g/mol. The van der Waals surface area contributed by atoms with Crippen LogP contribution in [0.2, 0.25) is 0 Å². The molecule has 2 aliphatic rings. The minimum Gasteiger partial charge on any atom is -0.485 e. The van der Waals surface area contributed by atoms with E-state index in [9.17, 15) is 14.7 Å². The molecule has 2 fully saturated rings. The van der Waals surface area contributed by atoms with Gasteiger partial charge in [0.2, 0.25) is 11.7 Å². The van der Waals surface area contributed by atoms with Gasteiger partial charge in [0.25, 0.3) is 5.91 Å². The third-order valence-electron chi connectivity index (χ3n) is 5.89. The zero-order valence-electron chi connectivity index (χ0n) is 16.4. The molecular weight excluding hydrogens is 374 g/mol. The lowest BCUT2D eigenvalue weighted by atomic mass is 9.84. The lowest BCUT2D eigenvalue weighted by Crippen LogP contribution is -2.46. The van der Waals surface area contributed by atoms with Crippen molar-refractivity contribution in [2.75, 3.05) is 0 Å². The van der Waals surface area contributed by atoms with Crippen LogP contribution in [-0.2, 0) is 17.8 Å². The molecule has 1 amide bonds. The molecule has 4 rings (SSSR count). The van der Waals surface area contributed by atoms with E-state index in [-0.39, 0.29) is 18.6 Å². The Labute approximate surface area is 168 Å². The van der Waals surface area contributed by atoms with Crippen molar-refractivity contribution < 1.29 is 24.0 Å². The van der Waals surface area contributed by atoms with E-state index in [4.69, 9.17) is 9.26 Å². The number of aromatic nitrogens is 2. The van der Waals surface area contributed by atoms with Gasteiger partial charge in [0.05, 0.1) is 0 Å². The van der Waals surface area contributed by atoms with Crippen LogP contribution in [0, 0.1) is 5.92 Å². The van der Waals surface area contributed by atoms with E-state index in [0.29, 0.717) is 41.8 Å². The van der Waals surface area contributed by atoms with Gasteiger partial charge in [-0.1, -0.05) is 24.9 Å². The summed E-state index contributed by atoms with van der Waals surface area (Å²) < 4.78 is 10.7. The molecule has 154 valence electrons. The second-order valence-corrected chi connectivity index (χ2v) is 7.68. The van der Waals surface area contributed by atoms with Gasteiger partial charge in [-0.25, -0.2) is 4.79 Å². The van der Waals surface area contributed by atoms with Crippen LogP contribution < -0.4 is 4.74 Å².